The average Bonchev–Trinajstić information content (AvgIpc) is 3.13. The van der Waals surface area contributed by atoms with Crippen LogP contribution in [0.1, 0.15) is 43.2 Å². The van der Waals surface area contributed by atoms with Crippen molar-refractivity contribution in [2.24, 2.45) is 16.6 Å². The molecule has 4 nitrogen and oxygen atoms in total. The molecule has 1 aliphatic heterocycles. The van der Waals surface area contributed by atoms with Crippen LogP contribution in [0, 0.1) is 0 Å². The van der Waals surface area contributed by atoms with Crippen LogP contribution in [0.2, 0.25) is 0 Å². The van der Waals surface area contributed by atoms with Gasteiger partial charge in [-0.15, -0.1) is 12.4 Å². The van der Waals surface area contributed by atoms with Crippen LogP contribution >= 0.6 is 12.4 Å². The molecular formula is C23H35ClN4. The van der Waals surface area contributed by atoms with E-state index < -0.39 is 0 Å². The van der Waals surface area contributed by atoms with Crippen LogP contribution in [0.3, 0.4) is 0 Å². The second kappa shape index (κ2) is 14.9. The van der Waals surface area contributed by atoms with Gasteiger partial charge < -0.3 is 11.5 Å². The fraction of sp³-hybridized carbons (Fsp3) is 0.435. The zero-order valence-electron chi connectivity index (χ0n) is 16.8. The van der Waals surface area contributed by atoms with Crippen molar-refractivity contribution in [3.63, 3.8) is 0 Å². The number of rotatable bonds is 9. The fourth-order valence-electron chi connectivity index (χ4n) is 3.07. The van der Waals surface area contributed by atoms with Crippen LogP contribution in [0.15, 0.2) is 65.8 Å². The molecule has 0 unspecified atom stereocenters. The van der Waals surface area contributed by atoms with Crippen LogP contribution in [0.5, 0.6) is 0 Å². The Hall–Kier alpha value is -2.04. The summed E-state index contributed by atoms with van der Waals surface area (Å²) in [6, 6.07) is 21.2. The fourth-order valence-corrected chi connectivity index (χ4v) is 3.07. The first kappa shape index (κ1) is 24.0. The first-order valence-corrected chi connectivity index (χ1v) is 10.1. The van der Waals surface area contributed by atoms with Crippen molar-refractivity contribution in [3.8, 4) is 0 Å². The Balaban J connectivity index is 0.000000289. The largest absolute Gasteiger partial charge is 0.386 e. The molecular weight excluding hydrogens is 368 g/mol. The molecule has 3 rings (SSSR count). The van der Waals surface area contributed by atoms with Gasteiger partial charge in [-0.2, -0.15) is 5.10 Å². The van der Waals surface area contributed by atoms with E-state index in [1.165, 1.54) is 30.4 Å². The minimum Gasteiger partial charge on any atom is -0.386 e. The lowest BCUT2D eigenvalue weighted by Gasteiger charge is -2.12. The number of aryl methyl sites for hydroxylation is 2. The summed E-state index contributed by atoms with van der Waals surface area (Å²) in [5.41, 5.74) is 13.9. The molecule has 0 amide bonds. The zero-order chi connectivity index (χ0) is 19.2. The molecule has 0 saturated heterocycles. The van der Waals surface area contributed by atoms with Crippen LogP contribution in [0.4, 0.5) is 0 Å². The highest BCUT2D eigenvalue weighted by molar-refractivity contribution is 5.85. The first-order chi connectivity index (χ1) is 13.3. The molecule has 154 valence electrons. The maximum Gasteiger partial charge on any atom is 0.121 e. The molecule has 0 aliphatic carbocycles. The molecule has 4 N–H and O–H groups in total. The second-order valence-corrected chi connectivity index (χ2v) is 6.97. The lowest BCUT2D eigenvalue weighted by atomic mass is 10.1. The third-order valence-electron chi connectivity index (χ3n) is 4.63. The number of nitrogens with two attached hydrogens (primary N) is 2. The Kier molecular flexibility index (Phi) is 12.8. The van der Waals surface area contributed by atoms with E-state index in [9.17, 15) is 0 Å². The minimum atomic E-state index is 0. The third kappa shape index (κ3) is 10.3. The number of halogens is 1. The number of hydrogen-bond donors (Lipinski definition) is 2. The highest BCUT2D eigenvalue weighted by Gasteiger charge is 2.10. The number of amidine groups is 1. The van der Waals surface area contributed by atoms with Gasteiger partial charge in [-0.1, -0.05) is 60.7 Å². The highest BCUT2D eigenvalue weighted by atomic mass is 35.5. The van der Waals surface area contributed by atoms with Gasteiger partial charge in [-0.25, -0.2) is 0 Å². The summed E-state index contributed by atoms with van der Waals surface area (Å²) in [5, 5.41) is 6.34. The normalized spacial score (nSPS) is 12.6. The predicted molar refractivity (Wildman–Crippen MR) is 123 cm³/mol. The number of benzene rings is 2. The molecule has 0 atom stereocenters. The molecule has 1 aliphatic rings. The van der Waals surface area contributed by atoms with Crippen LogP contribution in [-0.4, -0.2) is 30.5 Å². The Morgan fingerprint density at radius 2 is 1.32 bits per heavy atom. The van der Waals surface area contributed by atoms with Gasteiger partial charge in [-0.05, 0) is 56.2 Å². The maximum atomic E-state index is 5.63. The van der Waals surface area contributed by atoms with E-state index in [1.807, 2.05) is 6.07 Å². The average molecular weight is 403 g/mol. The van der Waals surface area contributed by atoms with Gasteiger partial charge in [-0.3, -0.25) is 5.01 Å². The van der Waals surface area contributed by atoms with Gasteiger partial charge in [0.2, 0.25) is 0 Å². The molecule has 0 aromatic heterocycles. The van der Waals surface area contributed by atoms with Gasteiger partial charge in [0, 0.05) is 19.5 Å². The molecule has 0 spiro atoms. The summed E-state index contributed by atoms with van der Waals surface area (Å²) in [5.74, 6) is 0.781. The smallest absolute Gasteiger partial charge is 0.121 e. The molecule has 1 heterocycles. The van der Waals surface area contributed by atoms with Crippen LogP contribution < -0.4 is 11.5 Å². The third-order valence-corrected chi connectivity index (χ3v) is 4.63. The minimum absolute atomic E-state index is 0. The predicted octanol–water partition coefficient (Wildman–Crippen LogP) is 4.38. The van der Waals surface area contributed by atoms with E-state index in [2.05, 4.69) is 64.7 Å². The quantitative estimate of drug-likeness (QED) is 0.611. The molecule has 28 heavy (non-hydrogen) atoms. The second-order valence-electron chi connectivity index (χ2n) is 6.97. The SMILES string of the molecule is Cl.NC1=NN(CCCCc2ccccc2)CC1.NCCCCc1ccccc1. The summed E-state index contributed by atoms with van der Waals surface area (Å²) in [6.45, 7) is 2.84. The van der Waals surface area contributed by atoms with Gasteiger partial charge in [0.15, 0.2) is 0 Å². The van der Waals surface area contributed by atoms with E-state index in [-0.39, 0.29) is 12.4 Å². The van der Waals surface area contributed by atoms with E-state index in [1.54, 1.807) is 0 Å². The van der Waals surface area contributed by atoms with E-state index >= 15 is 0 Å². The van der Waals surface area contributed by atoms with Crippen LogP contribution in [-0.2, 0) is 12.8 Å². The summed E-state index contributed by atoms with van der Waals surface area (Å²) >= 11 is 0. The van der Waals surface area contributed by atoms with Gasteiger partial charge >= 0.3 is 0 Å². The van der Waals surface area contributed by atoms with Crippen LogP contribution in [0.25, 0.3) is 0 Å². The molecule has 0 saturated carbocycles. The summed E-state index contributed by atoms with van der Waals surface area (Å²) in [4.78, 5) is 0. The van der Waals surface area contributed by atoms with E-state index in [0.717, 1.165) is 51.2 Å². The Morgan fingerprint density at radius 3 is 1.79 bits per heavy atom. The zero-order valence-corrected chi connectivity index (χ0v) is 17.6. The number of unbranched alkanes of at least 4 members (excludes halogenated alkanes) is 2. The monoisotopic (exact) mass is 402 g/mol. The van der Waals surface area contributed by atoms with Gasteiger partial charge in [0.05, 0.1) is 0 Å². The number of hydrogen-bond acceptors (Lipinski definition) is 4. The van der Waals surface area contributed by atoms with E-state index in [4.69, 9.17) is 11.5 Å². The highest BCUT2D eigenvalue weighted by Crippen LogP contribution is 2.08. The van der Waals surface area contributed by atoms with Gasteiger partial charge in [0.25, 0.3) is 0 Å². The van der Waals surface area contributed by atoms with Crippen molar-refractivity contribution in [1.29, 1.82) is 0 Å². The maximum absolute atomic E-state index is 5.63. The summed E-state index contributed by atoms with van der Waals surface area (Å²) < 4.78 is 0. The molecule has 0 radical (unpaired) electrons. The molecule has 0 fully saturated rings. The lowest BCUT2D eigenvalue weighted by Crippen LogP contribution is -2.15. The topological polar surface area (TPSA) is 67.6 Å². The summed E-state index contributed by atoms with van der Waals surface area (Å²) in [7, 11) is 0. The molecule has 0 bridgehead atoms. The van der Waals surface area contributed by atoms with E-state index in [0.29, 0.717) is 0 Å². The Bertz CT molecular complexity index is 646. The molecule has 2 aromatic carbocycles. The number of hydrazone groups is 1. The molecule has 2 aromatic rings. The summed E-state index contributed by atoms with van der Waals surface area (Å²) in [6.07, 6.45) is 8.00. The standard InChI is InChI=1S/C13H19N3.C10H15N.ClH/c14-13-9-11-16(15-13)10-5-4-8-12-6-2-1-3-7-12;11-9-5-4-8-10-6-2-1-3-7-10;/h1-3,6-7H,4-5,8-11H2,(H2,14,15);1-3,6-7H,4-5,8-9,11H2;1H. The number of nitrogens with zero attached hydrogens (tertiary/aromatic N) is 2. The first-order valence-electron chi connectivity index (χ1n) is 10.1. The van der Waals surface area contributed by atoms with Crippen molar-refractivity contribution in [2.75, 3.05) is 19.6 Å². The molecule has 5 heteroatoms. The van der Waals surface area contributed by atoms with Gasteiger partial charge in [0.1, 0.15) is 5.84 Å². The van der Waals surface area contributed by atoms with Crippen molar-refractivity contribution in [3.05, 3.63) is 71.8 Å². The lowest BCUT2D eigenvalue weighted by molar-refractivity contribution is 0.310. The van der Waals surface area contributed by atoms with Crippen molar-refractivity contribution < 1.29 is 0 Å². The Labute approximate surface area is 176 Å². The Morgan fingerprint density at radius 1 is 0.786 bits per heavy atom. The van der Waals surface area contributed by atoms with Crippen molar-refractivity contribution >= 4 is 18.2 Å². The van der Waals surface area contributed by atoms with Crippen molar-refractivity contribution in [1.82, 2.24) is 5.01 Å². The van der Waals surface area contributed by atoms with Crippen molar-refractivity contribution in [2.45, 2.75) is 44.9 Å².